The van der Waals surface area contributed by atoms with E-state index in [1.807, 2.05) is 13.0 Å². The van der Waals surface area contributed by atoms with Crippen molar-refractivity contribution >= 4 is 26.0 Å². The first-order valence-electron chi connectivity index (χ1n) is 7.39. The SMILES string of the molecule is CCCNCc1ccc(Br)c(S(=O)(=O)NC2(C)CCC2)c1. The number of hydrogen-bond acceptors (Lipinski definition) is 3. The van der Waals surface area contributed by atoms with E-state index in [0.29, 0.717) is 15.9 Å². The summed E-state index contributed by atoms with van der Waals surface area (Å²) in [5.41, 5.74) is 0.695. The van der Waals surface area contributed by atoms with Crippen molar-refractivity contribution in [3.8, 4) is 0 Å². The van der Waals surface area contributed by atoms with E-state index in [0.717, 1.165) is 37.8 Å². The molecule has 2 rings (SSSR count). The second-order valence-electron chi connectivity index (χ2n) is 5.96. The van der Waals surface area contributed by atoms with Crippen molar-refractivity contribution in [2.75, 3.05) is 6.54 Å². The van der Waals surface area contributed by atoms with E-state index in [1.54, 1.807) is 12.1 Å². The molecule has 2 N–H and O–H groups in total. The van der Waals surface area contributed by atoms with Crippen LogP contribution in [0.3, 0.4) is 0 Å². The molecule has 1 fully saturated rings. The topological polar surface area (TPSA) is 58.2 Å². The van der Waals surface area contributed by atoms with Crippen LogP contribution in [-0.4, -0.2) is 20.5 Å². The minimum Gasteiger partial charge on any atom is -0.313 e. The quantitative estimate of drug-likeness (QED) is 0.720. The molecule has 1 aliphatic rings. The molecule has 0 bridgehead atoms. The van der Waals surface area contributed by atoms with E-state index in [-0.39, 0.29) is 5.54 Å². The molecule has 0 aromatic heterocycles. The molecule has 0 atom stereocenters. The molecule has 0 amide bonds. The monoisotopic (exact) mass is 374 g/mol. The van der Waals surface area contributed by atoms with Gasteiger partial charge in [-0.1, -0.05) is 13.0 Å². The maximum absolute atomic E-state index is 12.6. The Bertz CT molecular complexity index is 598. The van der Waals surface area contributed by atoms with Gasteiger partial charge in [-0.3, -0.25) is 0 Å². The zero-order valence-electron chi connectivity index (χ0n) is 12.6. The first kappa shape index (κ1) is 16.9. The van der Waals surface area contributed by atoms with E-state index in [9.17, 15) is 8.42 Å². The molecule has 21 heavy (non-hydrogen) atoms. The summed E-state index contributed by atoms with van der Waals surface area (Å²) in [5.74, 6) is 0. The molecule has 6 heteroatoms. The first-order chi connectivity index (χ1) is 9.86. The highest BCUT2D eigenvalue weighted by atomic mass is 79.9. The van der Waals surface area contributed by atoms with Gasteiger partial charge in [0.1, 0.15) is 0 Å². The van der Waals surface area contributed by atoms with Crippen LogP contribution in [0, 0.1) is 0 Å². The van der Waals surface area contributed by atoms with Crippen molar-refractivity contribution in [1.29, 1.82) is 0 Å². The lowest BCUT2D eigenvalue weighted by molar-refractivity contribution is 0.248. The Balaban J connectivity index is 2.18. The second-order valence-corrected chi connectivity index (χ2v) is 8.47. The third-order valence-corrected chi connectivity index (χ3v) is 6.51. The van der Waals surface area contributed by atoms with Crippen LogP contribution in [0.5, 0.6) is 0 Å². The molecule has 0 radical (unpaired) electrons. The van der Waals surface area contributed by atoms with Crippen LogP contribution in [0.15, 0.2) is 27.6 Å². The molecule has 1 aromatic carbocycles. The summed E-state index contributed by atoms with van der Waals surface area (Å²) in [6.45, 7) is 5.68. The Labute approximate surface area is 135 Å². The third-order valence-electron chi connectivity index (χ3n) is 3.88. The standard InChI is InChI=1S/C15H23BrN2O2S/c1-3-9-17-11-12-5-6-13(16)14(10-12)21(19,20)18-15(2)7-4-8-15/h5-6,10,17-18H,3-4,7-9,11H2,1-2H3. The molecule has 0 heterocycles. The van der Waals surface area contributed by atoms with E-state index < -0.39 is 10.0 Å². The zero-order chi connectivity index (χ0) is 15.5. The van der Waals surface area contributed by atoms with Gasteiger partial charge in [-0.2, -0.15) is 0 Å². The van der Waals surface area contributed by atoms with Crippen molar-refractivity contribution in [1.82, 2.24) is 10.0 Å². The number of sulfonamides is 1. The molecule has 118 valence electrons. The minimum atomic E-state index is -3.49. The molecule has 0 unspecified atom stereocenters. The summed E-state index contributed by atoms with van der Waals surface area (Å²) in [6.07, 6.45) is 3.95. The summed E-state index contributed by atoms with van der Waals surface area (Å²) in [7, 11) is -3.49. The van der Waals surface area contributed by atoms with Gasteiger partial charge in [0, 0.05) is 16.6 Å². The molecular formula is C15H23BrN2O2S. The van der Waals surface area contributed by atoms with Crippen molar-refractivity contribution in [3.05, 3.63) is 28.2 Å². The lowest BCUT2D eigenvalue weighted by Crippen LogP contribution is -2.50. The lowest BCUT2D eigenvalue weighted by atomic mass is 9.80. The van der Waals surface area contributed by atoms with Gasteiger partial charge in [0.15, 0.2) is 0 Å². The van der Waals surface area contributed by atoms with E-state index in [2.05, 4.69) is 32.9 Å². The molecule has 1 saturated carbocycles. The van der Waals surface area contributed by atoms with Crippen molar-refractivity contribution in [2.45, 2.75) is 56.5 Å². The molecular weight excluding hydrogens is 352 g/mol. The normalized spacial score (nSPS) is 17.5. The van der Waals surface area contributed by atoms with E-state index in [1.165, 1.54) is 0 Å². The fourth-order valence-corrected chi connectivity index (χ4v) is 4.94. The van der Waals surface area contributed by atoms with E-state index in [4.69, 9.17) is 0 Å². The van der Waals surface area contributed by atoms with Gasteiger partial charge >= 0.3 is 0 Å². The molecule has 1 aliphatic carbocycles. The van der Waals surface area contributed by atoms with E-state index >= 15 is 0 Å². The predicted octanol–water partition coefficient (Wildman–Crippen LogP) is 3.17. The minimum absolute atomic E-state index is 0.283. The van der Waals surface area contributed by atoms with Crippen LogP contribution in [0.25, 0.3) is 0 Å². The van der Waals surface area contributed by atoms with Gasteiger partial charge in [0.2, 0.25) is 10.0 Å². The summed E-state index contributed by atoms with van der Waals surface area (Å²) in [4.78, 5) is 0.325. The Hall–Kier alpha value is -0.430. The molecule has 0 spiro atoms. The molecule has 0 aliphatic heterocycles. The third kappa shape index (κ3) is 4.28. The summed E-state index contributed by atoms with van der Waals surface area (Å²) >= 11 is 3.36. The van der Waals surface area contributed by atoms with Crippen molar-refractivity contribution < 1.29 is 8.42 Å². The Morgan fingerprint density at radius 3 is 2.62 bits per heavy atom. The van der Waals surface area contributed by atoms with Crippen LogP contribution >= 0.6 is 15.9 Å². The highest BCUT2D eigenvalue weighted by Crippen LogP contribution is 2.33. The average Bonchev–Trinajstić information content (AvgIpc) is 2.38. The van der Waals surface area contributed by atoms with Crippen LogP contribution in [0.2, 0.25) is 0 Å². The maximum atomic E-state index is 12.6. The van der Waals surface area contributed by atoms with Gasteiger partial charge in [0.25, 0.3) is 0 Å². The van der Waals surface area contributed by atoms with Gasteiger partial charge in [-0.15, -0.1) is 0 Å². The van der Waals surface area contributed by atoms with Crippen molar-refractivity contribution in [2.24, 2.45) is 0 Å². The van der Waals surface area contributed by atoms with Crippen LogP contribution < -0.4 is 10.0 Å². The smallest absolute Gasteiger partial charge is 0.242 e. The fourth-order valence-electron chi connectivity index (χ4n) is 2.46. The number of nitrogens with one attached hydrogen (secondary N) is 2. The number of halogens is 1. The fraction of sp³-hybridized carbons (Fsp3) is 0.600. The van der Waals surface area contributed by atoms with Gasteiger partial charge in [-0.25, -0.2) is 13.1 Å². The number of benzene rings is 1. The molecule has 0 saturated heterocycles. The molecule has 4 nitrogen and oxygen atoms in total. The second kappa shape index (κ2) is 6.77. The van der Waals surface area contributed by atoms with Gasteiger partial charge in [0.05, 0.1) is 4.90 Å². The average molecular weight is 375 g/mol. The summed E-state index contributed by atoms with van der Waals surface area (Å²) in [6, 6.07) is 5.49. The number of rotatable bonds is 7. The predicted molar refractivity (Wildman–Crippen MR) is 88.7 cm³/mol. The summed E-state index contributed by atoms with van der Waals surface area (Å²) < 4.78 is 28.6. The Morgan fingerprint density at radius 2 is 2.05 bits per heavy atom. The summed E-state index contributed by atoms with van der Waals surface area (Å²) in [5, 5.41) is 3.29. The highest BCUT2D eigenvalue weighted by Gasteiger charge is 2.36. The van der Waals surface area contributed by atoms with Crippen LogP contribution in [0.1, 0.15) is 45.1 Å². The van der Waals surface area contributed by atoms with Crippen molar-refractivity contribution in [3.63, 3.8) is 0 Å². The Morgan fingerprint density at radius 1 is 1.33 bits per heavy atom. The zero-order valence-corrected chi connectivity index (χ0v) is 15.0. The lowest BCUT2D eigenvalue weighted by Gasteiger charge is -2.38. The Kier molecular flexibility index (Phi) is 5.46. The number of hydrogen-bond donors (Lipinski definition) is 2. The molecule has 1 aromatic rings. The highest BCUT2D eigenvalue weighted by molar-refractivity contribution is 9.10. The van der Waals surface area contributed by atoms with Gasteiger partial charge < -0.3 is 5.32 Å². The largest absolute Gasteiger partial charge is 0.313 e. The van der Waals surface area contributed by atoms with Crippen LogP contribution in [-0.2, 0) is 16.6 Å². The first-order valence-corrected chi connectivity index (χ1v) is 9.67. The maximum Gasteiger partial charge on any atom is 0.242 e. The van der Waals surface area contributed by atoms with Crippen LogP contribution in [0.4, 0.5) is 0 Å². The van der Waals surface area contributed by atoms with Gasteiger partial charge in [-0.05, 0) is 72.8 Å².